The maximum Gasteiger partial charge on any atom is 0.0502 e. The molecule has 0 heterocycles. The number of nitrogens with two attached hydrogens (primary N) is 1. The van der Waals surface area contributed by atoms with Crippen LogP contribution >= 0.6 is 22.6 Å². The highest BCUT2D eigenvalue weighted by Gasteiger charge is 2.27. The molecule has 3 heteroatoms. The second-order valence-electron chi connectivity index (χ2n) is 4.42. The number of benzene rings is 1. The standard InChI is InChI=1S/C13H20INO/c1-2-7-13(9-15,10-16)8-11-3-5-12(14)6-4-11/h3-6,16H,2,7-10,15H2,1H3. The molecule has 0 bridgehead atoms. The molecule has 0 radical (unpaired) electrons. The van der Waals surface area contributed by atoms with Crippen LogP contribution in [0.15, 0.2) is 24.3 Å². The molecule has 1 aromatic rings. The lowest BCUT2D eigenvalue weighted by atomic mass is 9.78. The van der Waals surface area contributed by atoms with Crippen molar-refractivity contribution in [3.05, 3.63) is 33.4 Å². The average molecular weight is 333 g/mol. The topological polar surface area (TPSA) is 46.2 Å². The van der Waals surface area contributed by atoms with Crippen LogP contribution < -0.4 is 5.73 Å². The second kappa shape index (κ2) is 6.57. The monoisotopic (exact) mass is 333 g/mol. The lowest BCUT2D eigenvalue weighted by Gasteiger charge is -2.30. The minimum absolute atomic E-state index is 0.137. The first-order valence-electron chi connectivity index (χ1n) is 5.71. The number of hydrogen-bond donors (Lipinski definition) is 2. The zero-order valence-electron chi connectivity index (χ0n) is 9.75. The molecule has 0 fully saturated rings. The van der Waals surface area contributed by atoms with Gasteiger partial charge in [-0.25, -0.2) is 0 Å². The largest absolute Gasteiger partial charge is 0.396 e. The van der Waals surface area contributed by atoms with Crippen LogP contribution in [-0.4, -0.2) is 18.3 Å². The minimum atomic E-state index is -0.137. The summed E-state index contributed by atoms with van der Waals surface area (Å²) in [6.45, 7) is 2.85. The van der Waals surface area contributed by atoms with Crippen LogP contribution in [0, 0.1) is 8.99 Å². The maximum atomic E-state index is 9.54. The van der Waals surface area contributed by atoms with Crippen LogP contribution in [0.1, 0.15) is 25.3 Å². The van der Waals surface area contributed by atoms with Gasteiger partial charge in [0.2, 0.25) is 0 Å². The number of aliphatic hydroxyl groups is 1. The third kappa shape index (κ3) is 3.71. The average Bonchev–Trinajstić information content (AvgIpc) is 2.31. The van der Waals surface area contributed by atoms with Crippen molar-refractivity contribution < 1.29 is 5.11 Å². The molecule has 0 amide bonds. The van der Waals surface area contributed by atoms with Crippen LogP contribution in [0.4, 0.5) is 0 Å². The highest BCUT2D eigenvalue weighted by atomic mass is 127. The smallest absolute Gasteiger partial charge is 0.0502 e. The van der Waals surface area contributed by atoms with Gasteiger partial charge in [0, 0.05) is 15.5 Å². The van der Waals surface area contributed by atoms with Crippen LogP contribution in [0.25, 0.3) is 0 Å². The van der Waals surface area contributed by atoms with Crippen LogP contribution in [-0.2, 0) is 6.42 Å². The van der Waals surface area contributed by atoms with Gasteiger partial charge in [0.05, 0.1) is 6.61 Å². The number of rotatable bonds is 6. The Kier molecular flexibility index (Phi) is 5.72. The summed E-state index contributed by atoms with van der Waals surface area (Å²) in [6, 6.07) is 8.44. The van der Waals surface area contributed by atoms with Crippen molar-refractivity contribution in [2.24, 2.45) is 11.1 Å². The van der Waals surface area contributed by atoms with E-state index in [1.54, 1.807) is 0 Å². The van der Waals surface area contributed by atoms with E-state index >= 15 is 0 Å². The van der Waals surface area contributed by atoms with Crippen LogP contribution in [0.3, 0.4) is 0 Å². The van der Waals surface area contributed by atoms with Gasteiger partial charge in [-0.2, -0.15) is 0 Å². The van der Waals surface area contributed by atoms with Gasteiger partial charge in [-0.15, -0.1) is 0 Å². The normalized spacial score (nSPS) is 14.8. The molecule has 90 valence electrons. The Bertz CT molecular complexity index is 306. The highest BCUT2D eigenvalue weighted by Crippen LogP contribution is 2.27. The molecule has 0 aliphatic rings. The van der Waals surface area contributed by atoms with E-state index in [2.05, 4.69) is 53.8 Å². The van der Waals surface area contributed by atoms with Crippen molar-refractivity contribution in [3.8, 4) is 0 Å². The molecule has 0 spiro atoms. The van der Waals surface area contributed by atoms with E-state index in [4.69, 9.17) is 5.73 Å². The predicted molar refractivity (Wildman–Crippen MR) is 76.3 cm³/mol. The van der Waals surface area contributed by atoms with E-state index in [1.807, 2.05) is 0 Å². The van der Waals surface area contributed by atoms with Crippen molar-refractivity contribution in [2.75, 3.05) is 13.2 Å². The Labute approximate surface area is 111 Å². The highest BCUT2D eigenvalue weighted by molar-refractivity contribution is 14.1. The fourth-order valence-electron chi connectivity index (χ4n) is 2.03. The van der Waals surface area contributed by atoms with Crippen molar-refractivity contribution in [1.82, 2.24) is 0 Å². The van der Waals surface area contributed by atoms with Crippen LogP contribution in [0.5, 0.6) is 0 Å². The molecular formula is C13H20INO. The first-order chi connectivity index (χ1) is 7.65. The fraction of sp³-hybridized carbons (Fsp3) is 0.538. The number of aliphatic hydroxyl groups excluding tert-OH is 1. The summed E-state index contributed by atoms with van der Waals surface area (Å²) in [5.41, 5.74) is 6.94. The van der Waals surface area contributed by atoms with E-state index < -0.39 is 0 Å². The van der Waals surface area contributed by atoms with Crippen molar-refractivity contribution >= 4 is 22.6 Å². The molecule has 1 unspecified atom stereocenters. The molecular weight excluding hydrogens is 313 g/mol. The van der Waals surface area contributed by atoms with Crippen molar-refractivity contribution in [2.45, 2.75) is 26.2 Å². The van der Waals surface area contributed by atoms with E-state index in [0.29, 0.717) is 6.54 Å². The SMILES string of the molecule is CCCC(CN)(CO)Cc1ccc(I)cc1. The van der Waals surface area contributed by atoms with Crippen molar-refractivity contribution in [1.29, 1.82) is 0 Å². The lowest BCUT2D eigenvalue weighted by molar-refractivity contribution is 0.121. The second-order valence-corrected chi connectivity index (χ2v) is 5.66. The van der Waals surface area contributed by atoms with E-state index in [9.17, 15) is 5.11 Å². The molecule has 1 rings (SSSR count). The summed E-state index contributed by atoms with van der Waals surface area (Å²) >= 11 is 2.29. The van der Waals surface area contributed by atoms with Gasteiger partial charge in [0.15, 0.2) is 0 Å². The first-order valence-corrected chi connectivity index (χ1v) is 6.79. The minimum Gasteiger partial charge on any atom is -0.396 e. The molecule has 0 aromatic heterocycles. The quantitative estimate of drug-likeness (QED) is 0.786. The molecule has 16 heavy (non-hydrogen) atoms. The van der Waals surface area contributed by atoms with E-state index in [0.717, 1.165) is 19.3 Å². The summed E-state index contributed by atoms with van der Waals surface area (Å²) in [5, 5.41) is 9.54. The Balaban J connectivity index is 2.78. The van der Waals surface area contributed by atoms with E-state index in [1.165, 1.54) is 9.13 Å². The maximum absolute atomic E-state index is 9.54. The van der Waals surface area contributed by atoms with Gasteiger partial charge >= 0.3 is 0 Å². The van der Waals surface area contributed by atoms with Gasteiger partial charge in [-0.05, 0) is 53.1 Å². The third-order valence-corrected chi connectivity index (χ3v) is 3.76. The summed E-state index contributed by atoms with van der Waals surface area (Å²) in [4.78, 5) is 0. The van der Waals surface area contributed by atoms with Crippen molar-refractivity contribution in [3.63, 3.8) is 0 Å². The van der Waals surface area contributed by atoms with Gasteiger partial charge in [0.1, 0.15) is 0 Å². The molecule has 3 N–H and O–H groups in total. The Morgan fingerprint density at radius 1 is 1.31 bits per heavy atom. The van der Waals surface area contributed by atoms with Gasteiger partial charge in [0.25, 0.3) is 0 Å². The molecule has 0 aliphatic carbocycles. The zero-order valence-corrected chi connectivity index (χ0v) is 11.9. The summed E-state index contributed by atoms with van der Waals surface area (Å²) in [6.07, 6.45) is 2.90. The predicted octanol–water partition coefficient (Wildman–Crippen LogP) is 2.57. The fourth-order valence-corrected chi connectivity index (χ4v) is 2.39. The lowest BCUT2D eigenvalue weighted by Crippen LogP contribution is -2.36. The molecule has 1 aromatic carbocycles. The third-order valence-electron chi connectivity index (χ3n) is 3.04. The Morgan fingerprint density at radius 2 is 1.94 bits per heavy atom. The molecule has 2 nitrogen and oxygen atoms in total. The van der Waals surface area contributed by atoms with Gasteiger partial charge < -0.3 is 10.8 Å². The Hall–Kier alpha value is -0.130. The summed E-state index contributed by atoms with van der Waals surface area (Å²) < 4.78 is 1.24. The Morgan fingerprint density at radius 3 is 2.38 bits per heavy atom. The summed E-state index contributed by atoms with van der Waals surface area (Å²) in [7, 11) is 0. The first kappa shape index (κ1) is 13.9. The molecule has 0 aliphatic heterocycles. The zero-order chi connectivity index (χ0) is 12.0. The molecule has 0 saturated heterocycles. The molecule has 1 atom stereocenters. The molecule has 0 saturated carbocycles. The number of hydrogen-bond acceptors (Lipinski definition) is 2. The number of halogens is 1. The summed E-state index contributed by atoms with van der Waals surface area (Å²) in [5.74, 6) is 0. The van der Waals surface area contributed by atoms with Gasteiger partial charge in [-0.1, -0.05) is 25.5 Å². The van der Waals surface area contributed by atoms with E-state index in [-0.39, 0.29) is 12.0 Å². The van der Waals surface area contributed by atoms with Gasteiger partial charge in [-0.3, -0.25) is 0 Å². The van der Waals surface area contributed by atoms with Crippen LogP contribution in [0.2, 0.25) is 0 Å².